The van der Waals surface area contributed by atoms with E-state index in [0.717, 1.165) is 16.1 Å². The molecule has 0 aliphatic heterocycles. The van der Waals surface area contributed by atoms with E-state index >= 15 is 0 Å². The summed E-state index contributed by atoms with van der Waals surface area (Å²) in [5.41, 5.74) is 1.74. The number of carbonyl (C=O) groups excluding carboxylic acids is 2. The van der Waals surface area contributed by atoms with Crippen molar-refractivity contribution >= 4 is 50.7 Å². The highest BCUT2D eigenvalue weighted by atomic mass is 35.5. The first-order chi connectivity index (χ1) is 19.0. The van der Waals surface area contributed by atoms with Crippen molar-refractivity contribution in [3.05, 3.63) is 94.0 Å². The third kappa shape index (κ3) is 8.61. The number of methoxy groups -OCH3 is 1. The molecule has 0 radical (unpaired) electrons. The zero-order valence-corrected chi connectivity index (χ0v) is 25.0. The number of ether oxygens (including phenoxy) is 1. The Morgan fingerprint density at radius 2 is 1.68 bits per heavy atom. The Labute approximate surface area is 245 Å². The van der Waals surface area contributed by atoms with E-state index in [1.165, 1.54) is 30.2 Å². The second-order valence-corrected chi connectivity index (χ2v) is 12.0. The number of anilines is 1. The van der Waals surface area contributed by atoms with E-state index in [-0.39, 0.29) is 29.6 Å². The first-order valence-corrected chi connectivity index (χ1v) is 15.3. The van der Waals surface area contributed by atoms with Gasteiger partial charge in [0.2, 0.25) is 21.8 Å². The molecule has 0 saturated heterocycles. The van der Waals surface area contributed by atoms with Gasteiger partial charge in [0, 0.05) is 24.5 Å². The predicted octanol–water partition coefficient (Wildman–Crippen LogP) is 4.93. The standard InChI is InChI=1S/C29H33Cl2N3O5S/c1-4-15-32-29(36)26(17-21-9-6-5-7-10-21)33(19-22-11-8-12-23(30)16-22)28(35)20-34(40(3,37)38)24-13-14-27(39-2)25(31)18-24/h5-14,16,18,26H,4,15,17,19-20H2,1-3H3,(H,32,36)/t26-/m0/s1. The first-order valence-electron chi connectivity index (χ1n) is 12.7. The molecule has 214 valence electrons. The third-order valence-electron chi connectivity index (χ3n) is 6.16. The van der Waals surface area contributed by atoms with Gasteiger partial charge in [-0.15, -0.1) is 0 Å². The van der Waals surface area contributed by atoms with Gasteiger partial charge in [-0.25, -0.2) is 8.42 Å². The maximum absolute atomic E-state index is 14.0. The maximum atomic E-state index is 14.0. The minimum absolute atomic E-state index is 0.0391. The van der Waals surface area contributed by atoms with Crippen molar-refractivity contribution in [1.82, 2.24) is 10.2 Å². The summed E-state index contributed by atoms with van der Waals surface area (Å²) in [7, 11) is -2.47. The molecule has 2 amide bonds. The molecular weight excluding hydrogens is 573 g/mol. The molecule has 3 rings (SSSR count). The molecular formula is C29H33Cl2N3O5S. The number of amides is 2. The van der Waals surface area contributed by atoms with Gasteiger partial charge in [0.25, 0.3) is 0 Å². The van der Waals surface area contributed by atoms with E-state index in [0.29, 0.717) is 29.3 Å². The van der Waals surface area contributed by atoms with Gasteiger partial charge >= 0.3 is 0 Å². The average Bonchev–Trinajstić information content (AvgIpc) is 2.92. The summed E-state index contributed by atoms with van der Waals surface area (Å²) in [5, 5.41) is 3.57. The van der Waals surface area contributed by atoms with Crippen molar-refractivity contribution in [1.29, 1.82) is 0 Å². The monoisotopic (exact) mass is 605 g/mol. The molecule has 3 aromatic carbocycles. The molecule has 0 aromatic heterocycles. The quantitative estimate of drug-likeness (QED) is 0.298. The molecule has 0 aliphatic rings. The lowest BCUT2D eigenvalue weighted by Crippen LogP contribution is -2.53. The van der Waals surface area contributed by atoms with Crippen molar-refractivity contribution < 1.29 is 22.7 Å². The zero-order chi connectivity index (χ0) is 29.3. The highest BCUT2D eigenvalue weighted by Crippen LogP contribution is 2.30. The largest absolute Gasteiger partial charge is 0.495 e. The number of carbonyl (C=O) groups is 2. The lowest BCUT2D eigenvalue weighted by Gasteiger charge is -2.33. The molecule has 0 aliphatic carbocycles. The number of halogens is 2. The Bertz CT molecular complexity index is 1420. The summed E-state index contributed by atoms with van der Waals surface area (Å²) in [5.74, 6) is -0.535. The molecule has 0 fully saturated rings. The highest BCUT2D eigenvalue weighted by Gasteiger charge is 2.33. The van der Waals surface area contributed by atoms with Crippen LogP contribution in [0.15, 0.2) is 72.8 Å². The summed E-state index contributed by atoms with van der Waals surface area (Å²) in [6.45, 7) is 1.86. The van der Waals surface area contributed by atoms with Gasteiger partial charge < -0.3 is 15.0 Å². The van der Waals surface area contributed by atoms with Crippen LogP contribution < -0.4 is 14.4 Å². The Kier molecular flexibility index (Phi) is 11.2. The van der Waals surface area contributed by atoms with E-state index in [1.807, 2.05) is 37.3 Å². The lowest BCUT2D eigenvalue weighted by molar-refractivity contribution is -0.140. The van der Waals surface area contributed by atoms with Crippen LogP contribution in [0.5, 0.6) is 5.75 Å². The van der Waals surface area contributed by atoms with Crippen LogP contribution in [0, 0.1) is 0 Å². The van der Waals surface area contributed by atoms with E-state index in [1.54, 1.807) is 24.3 Å². The minimum Gasteiger partial charge on any atom is -0.495 e. The minimum atomic E-state index is -3.92. The molecule has 8 nitrogen and oxygen atoms in total. The molecule has 0 heterocycles. The summed E-state index contributed by atoms with van der Waals surface area (Å²) in [6.07, 6.45) is 1.96. The molecule has 11 heteroatoms. The van der Waals surface area contributed by atoms with Crippen LogP contribution in [0.3, 0.4) is 0 Å². The van der Waals surface area contributed by atoms with Crippen molar-refractivity contribution in [2.45, 2.75) is 32.4 Å². The van der Waals surface area contributed by atoms with E-state index in [2.05, 4.69) is 5.32 Å². The summed E-state index contributed by atoms with van der Waals surface area (Å²) >= 11 is 12.5. The maximum Gasteiger partial charge on any atom is 0.244 e. The SMILES string of the molecule is CCCNC(=O)[C@H](Cc1ccccc1)N(Cc1cccc(Cl)c1)C(=O)CN(c1ccc(OC)c(Cl)c1)S(C)(=O)=O. The van der Waals surface area contributed by atoms with Crippen LogP contribution in [0.4, 0.5) is 5.69 Å². The molecule has 40 heavy (non-hydrogen) atoms. The summed E-state index contributed by atoms with van der Waals surface area (Å²) in [6, 6.07) is 19.9. The van der Waals surface area contributed by atoms with E-state index in [9.17, 15) is 18.0 Å². The Morgan fingerprint density at radius 3 is 2.27 bits per heavy atom. The summed E-state index contributed by atoms with van der Waals surface area (Å²) in [4.78, 5) is 28.9. The van der Waals surface area contributed by atoms with Crippen LogP contribution in [0.25, 0.3) is 0 Å². The zero-order valence-electron chi connectivity index (χ0n) is 22.6. The van der Waals surface area contributed by atoms with Crippen molar-refractivity contribution in [3.63, 3.8) is 0 Å². The molecule has 0 unspecified atom stereocenters. The second kappa shape index (κ2) is 14.4. The number of nitrogens with one attached hydrogen (secondary N) is 1. The predicted molar refractivity (Wildman–Crippen MR) is 159 cm³/mol. The summed E-state index contributed by atoms with van der Waals surface area (Å²) < 4.78 is 31.9. The van der Waals surface area contributed by atoms with Crippen molar-refractivity contribution in [2.75, 3.05) is 30.8 Å². The Balaban J connectivity index is 2.05. The number of hydrogen-bond acceptors (Lipinski definition) is 5. The van der Waals surface area contributed by atoms with Gasteiger partial charge in [0.05, 0.1) is 24.1 Å². The fourth-order valence-corrected chi connectivity index (χ4v) is 5.48. The number of hydrogen-bond donors (Lipinski definition) is 1. The van der Waals surface area contributed by atoms with Gasteiger partial charge in [-0.05, 0) is 47.9 Å². The smallest absolute Gasteiger partial charge is 0.244 e. The molecule has 0 saturated carbocycles. The molecule has 1 N–H and O–H groups in total. The van der Waals surface area contributed by atoms with Crippen LogP contribution >= 0.6 is 23.2 Å². The van der Waals surface area contributed by atoms with Gasteiger partial charge in [0.15, 0.2) is 0 Å². The average molecular weight is 607 g/mol. The van der Waals surface area contributed by atoms with Crippen molar-refractivity contribution in [3.8, 4) is 5.75 Å². The van der Waals surface area contributed by atoms with Gasteiger partial charge in [-0.2, -0.15) is 0 Å². The van der Waals surface area contributed by atoms with E-state index in [4.69, 9.17) is 27.9 Å². The van der Waals surface area contributed by atoms with E-state index < -0.39 is 28.5 Å². The number of sulfonamides is 1. The number of rotatable bonds is 13. The molecule has 3 aromatic rings. The molecule has 0 spiro atoms. The van der Waals surface area contributed by atoms with Crippen LogP contribution in [-0.4, -0.2) is 57.6 Å². The Hall–Kier alpha value is -3.27. The fraction of sp³-hybridized carbons (Fsp3) is 0.310. The Morgan fingerprint density at radius 1 is 0.975 bits per heavy atom. The fourth-order valence-electron chi connectivity index (χ4n) is 4.18. The van der Waals surface area contributed by atoms with Crippen LogP contribution in [0.2, 0.25) is 10.0 Å². The normalized spacial score (nSPS) is 11.9. The van der Waals surface area contributed by atoms with Crippen LogP contribution in [-0.2, 0) is 32.6 Å². The van der Waals surface area contributed by atoms with Gasteiger partial charge in [-0.1, -0.05) is 72.6 Å². The van der Waals surface area contributed by atoms with Crippen LogP contribution in [0.1, 0.15) is 24.5 Å². The topological polar surface area (TPSA) is 96.0 Å². The second-order valence-electron chi connectivity index (χ2n) is 9.24. The lowest BCUT2D eigenvalue weighted by atomic mass is 10.0. The number of benzene rings is 3. The first kappa shape index (κ1) is 31.3. The van der Waals surface area contributed by atoms with Gasteiger partial charge in [0.1, 0.15) is 18.3 Å². The van der Waals surface area contributed by atoms with Crippen molar-refractivity contribution in [2.24, 2.45) is 0 Å². The molecule has 0 bridgehead atoms. The van der Waals surface area contributed by atoms with Gasteiger partial charge in [-0.3, -0.25) is 13.9 Å². The third-order valence-corrected chi connectivity index (χ3v) is 7.84. The highest BCUT2D eigenvalue weighted by molar-refractivity contribution is 7.92. The number of nitrogens with zero attached hydrogens (tertiary/aromatic N) is 2. The molecule has 1 atom stereocenters.